The summed E-state index contributed by atoms with van der Waals surface area (Å²) in [5.41, 5.74) is 8.16. The van der Waals surface area contributed by atoms with E-state index in [1.807, 2.05) is 30.3 Å². The Balaban J connectivity index is 1.63. The van der Waals surface area contributed by atoms with Gasteiger partial charge in [0.2, 0.25) is 5.91 Å². The Bertz CT molecular complexity index is 1450. The average Bonchev–Trinajstić information content (AvgIpc) is 3.39. The number of nitrogens with zero attached hydrogens (tertiary/aromatic N) is 3. The predicted molar refractivity (Wildman–Crippen MR) is 135 cm³/mol. The number of carbonyl (C=O) groups is 1. The lowest BCUT2D eigenvalue weighted by Gasteiger charge is -2.37. The van der Waals surface area contributed by atoms with Crippen molar-refractivity contribution in [3.63, 3.8) is 0 Å². The van der Waals surface area contributed by atoms with Crippen molar-refractivity contribution in [1.29, 1.82) is 0 Å². The van der Waals surface area contributed by atoms with Crippen molar-refractivity contribution in [1.82, 2.24) is 14.5 Å². The third kappa shape index (κ3) is 4.28. The zero-order chi connectivity index (χ0) is 24.5. The zero-order valence-corrected chi connectivity index (χ0v) is 20.4. The smallest absolute Gasteiger partial charge is 0.261 e. The van der Waals surface area contributed by atoms with Crippen LogP contribution in [0.5, 0.6) is 11.5 Å². The normalized spacial score (nSPS) is 15.7. The first-order valence-corrected chi connectivity index (χ1v) is 12.2. The molecule has 2 N–H and O–H groups in total. The fourth-order valence-corrected chi connectivity index (χ4v) is 5.66. The fraction of sp³-hybridized carbons (Fsp3) is 0.269. The number of carbonyl (C=O) groups excluding carboxylic acids is 1. The highest BCUT2D eigenvalue weighted by Gasteiger charge is 2.32. The third-order valence-corrected chi connectivity index (χ3v) is 7.31. The molecule has 180 valence electrons. The Morgan fingerprint density at radius 1 is 1.14 bits per heavy atom. The predicted octanol–water partition coefficient (Wildman–Crippen LogP) is 3.11. The molecule has 35 heavy (non-hydrogen) atoms. The Morgan fingerprint density at radius 3 is 2.63 bits per heavy atom. The molecule has 5 rings (SSSR count). The molecule has 1 amide bonds. The van der Waals surface area contributed by atoms with Crippen molar-refractivity contribution < 1.29 is 14.3 Å². The van der Waals surface area contributed by atoms with E-state index in [9.17, 15) is 9.59 Å². The number of amides is 1. The van der Waals surface area contributed by atoms with Gasteiger partial charge >= 0.3 is 0 Å². The maximum atomic E-state index is 13.3. The standard InChI is InChI=1S/C26H26N4O4S/c1-33-20-12-16-9-10-29(25(22-8-5-11-35-22)18(16)13-21(20)34-2)15-24-28-19-7-4-3-6-17(19)26(32)30(24)14-23(27)31/h3-8,11-13,25H,9-10,14-15H2,1-2H3,(H2,27,31)/t25-/m1/s1. The molecule has 3 heterocycles. The van der Waals surface area contributed by atoms with Gasteiger partial charge in [-0.25, -0.2) is 4.98 Å². The lowest BCUT2D eigenvalue weighted by atomic mass is 9.91. The molecule has 0 unspecified atom stereocenters. The highest BCUT2D eigenvalue weighted by Crippen LogP contribution is 2.42. The van der Waals surface area contributed by atoms with Crippen LogP contribution in [0.4, 0.5) is 0 Å². The number of para-hydroxylation sites is 1. The van der Waals surface area contributed by atoms with Gasteiger partial charge in [0.25, 0.3) is 5.56 Å². The van der Waals surface area contributed by atoms with Gasteiger partial charge in [0, 0.05) is 11.4 Å². The van der Waals surface area contributed by atoms with E-state index in [1.54, 1.807) is 37.7 Å². The second kappa shape index (κ2) is 9.52. The number of primary amides is 1. The van der Waals surface area contributed by atoms with Crippen molar-refractivity contribution in [2.24, 2.45) is 5.73 Å². The third-order valence-electron chi connectivity index (χ3n) is 6.39. The van der Waals surface area contributed by atoms with Gasteiger partial charge in [-0.2, -0.15) is 0 Å². The largest absolute Gasteiger partial charge is 0.493 e. The van der Waals surface area contributed by atoms with Crippen molar-refractivity contribution >= 4 is 28.1 Å². The number of ether oxygens (including phenoxy) is 2. The maximum Gasteiger partial charge on any atom is 0.261 e. The van der Waals surface area contributed by atoms with Crippen LogP contribution in [0.15, 0.2) is 58.7 Å². The van der Waals surface area contributed by atoms with E-state index in [2.05, 4.69) is 16.3 Å². The van der Waals surface area contributed by atoms with E-state index in [-0.39, 0.29) is 18.1 Å². The lowest BCUT2D eigenvalue weighted by Crippen LogP contribution is -2.39. The highest BCUT2D eigenvalue weighted by atomic mass is 32.1. The quantitative estimate of drug-likeness (QED) is 0.427. The molecule has 0 radical (unpaired) electrons. The van der Waals surface area contributed by atoms with Crippen LogP contribution in [0.1, 0.15) is 27.9 Å². The summed E-state index contributed by atoms with van der Waals surface area (Å²) in [7, 11) is 3.27. The summed E-state index contributed by atoms with van der Waals surface area (Å²) >= 11 is 1.67. The number of thiophene rings is 1. The summed E-state index contributed by atoms with van der Waals surface area (Å²) < 4.78 is 12.5. The molecule has 1 atom stereocenters. The topological polar surface area (TPSA) is 99.7 Å². The van der Waals surface area contributed by atoms with E-state index >= 15 is 0 Å². The Labute approximate surface area is 206 Å². The maximum absolute atomic E-state index is 13.3. The van der Waals surface area contributed by atoms with Gasteiger partial charge in [-0.1, -0.05) is 18.2 Å². The van der Waals surface area contributed by atoms with Gasteiger partial charge in [0.05, 0.1) is 37.7 Å². The lowest BCUT2D eigenvalue weighted by molar-refractivity contribution is -0.118. The van der Waals surface area contributed by atoms with E-state index in [1.165, 1.54) is 15.0 Å². The summed E-state index contributed by atoms with van der Waals surface area (Å²) in [4.78, 5) is 33.3. The number of rotatable bonds is 7. The first-order chi connectivity index (χ1) is 17.0. The van der Waals surface area contributed by atoms with Crippen molar-refractivity contribution in [2.75, 3.05) is 20.8 Å². The molecule has 0 fully saturated rings. The van der Waals surface area contributed by atoms with E-state index in [0.717, 1.165) is 18.5 Å². The van der Waals surface area contributed by atoms with Crippen LogP contribution in [-0.2, 0) is 24.3 Å². The van der Waals surface area contributed by atoms with Crippen molar-refractivity contribution in [3.8, 4) is 11.5 Å². The number of aromatic nitrogens is 2. The summed E-state index contributed by atoms with van der Waals surface area (Å²) in [5, 5.41) is 2.52. The Hall–Kier alpha value is -3.69. The molecule has 8 nitrogen and oxygen atoms in total. The molecule has 1 aliphatic heterocycles. The van der Waals surface area contributed by atoms with Gasteiger partial charge in [-0.15, -0.1) is 11.3 Å². The second-order valence-corrected chi connectivity index (χ2v) is 9.43. The van der Waals surface area contributed by atoms with Gasteiger partial charge in [0.1, 0.15) is 12.4 Å². The minimum atomic E-state index is -0.582. The van der Waals surface area contributed by atoms with Crippen LogP contribution >= 0.6 is 11.3 Å². The van der Waals surface area contributed by atoms with E-state index < -0.39 is 5.91 Å². The molecule has 0 spiro atoms. The zero-order valence-electron chi connectivity index (χ0n) is 19.6. The first-order valence-electron chi connectivity index (χ1n) is 11.3. The highest BCUT2D eigenvalue weighted by molar-refractivity contribution is 7.10. The summed E-state index contributed by atoms with van der Waals surface area (Å²) in [6, 6.07) is 15.3. The van der Waals surface area contributed by atoms with Gasteiger partial charge in [-0.3, -0.25) is 19.1 Å². The van der Waals surface area contributed by atoms with Crippen molar-refractivity contribution in [3.05, 3.63) is 86.1 Å². The number of nitrogens with two attached hydrogens (primary N) is 1. The van der Waals surface area contributed by atoms with Crippen LogP contribution in [0.3, 0.4) is 0 Å². The fourth-order valence-electron chi connectivity index (χ4n) is 4.78. The Morgan fingerprint density at radius 2 is 1.91 bits per heavy atom. The molecule has 1 aliphatic rings. The molecular formula is C26H26N4O4S. The summed E-state index contributed by atoms with van der Waals surface area (Å²) in [5.74, 6) is 1.30. The molecular weight excluding hydrogens is 464 g/mol. The molecule has 0 saturated heterocycles. The number of benzene rings is 2. The van der Waals surface area contributed by atoms with Gasteiger partial charge < -0.3 is 15.2 Å². The number of fused-ring (bicyclic) bond motifs is 2. The van der Waals surface area contributed by atoms with Crippen LogP contribution in [0, 0.1) is 0 Å². The summed E-state index contributed by atoms with van der Waals surface area (Å²) in [6.07, 6.45) is 0.797. The minimum Gasteiger partial charge on any atom is -0.493 e. The molecule has 0 saturated carbocycles. The molecule has 9 heteroatoms. The molecule has 0 bridgehead atoms. The number of methoxy groups -OCH3 is 2. The SMILES string of the molecule is COc1cc2c(cc1OC)[C@H](c1cccs1)N(Cc1nc3ccccc3c(=O)n1CC(N)=O)CC2. The van der Waals surface area contributed by atoms with Crippen LogP contribution in [0.25, 0.3) is 10.9 Å². The van der Waals surface area contributed by atoms with Crippen LogP contribution < -0.4 is 20.8 Å². The first kappa shape index (κ1) is 23.1. The Kier molecular flexibility index (Phi) is 6.27. The summed E-state index contributed by atoms with van der Waals surface area (Å²) in [6.45, 7) is 0.902. The van der Waals surface area contributed by atoms with Crippen molar-refractivity contribution in [2.45, 2.75) is 25.6 Å². The number of hydrogen-bond donors (Lipinski definition) is 1. The molecule has 2 aromatic carbocycles. The van der Waals surface area contributed by atoms with Crippen LogP contribution in [0.2, 0.25) is 0 Å². The van der Waals surface area contributed by atoms with E-state index in [0.29, 0.717) is 34.8 Å². The van der Waals surface area contributed by atoms with Crippen LogP contribution in [-0.4, -0.2) is 41.1 Å². The molecule has 0 aliphatic carbocycles. The number of hydrogen-bond acceptors (Lipinski definition) is 7. The van der Waals surface area contributed by atoms with E-state index in [4.69, 9.17) is 20.2 Å². The average molecular weight is 491 g/mol. The molecule has 4 aromatic rings. The molecule has 2 aromatic heterocycles. The van der Waals surface area contributed by atoms with Gasteiger partial charge in [-0.05, 0) is 53.3 Å². The van der Waals surface area contributed by atoms with Gasteiger partial charge in [0.15, 0.2) is 11.5 Å². The monoisotopic (exact) mass is 490 g/mol. The second-order valence-electron chi connectivity index (χ2n) is 8.45. The minimum absolute atomic E-state index is 0.0658.